The zero-order valence-electron chi connectivity index (χ0n) is 8.51. The summed E-state index contributed by atoms with van der Waals surface area (Å²) in [6.07, 6.45) is 8.56. The maximum Gasteiger partial charge on any atom is 0.0575 e. The van der Waals surface area contributed by atoms with Crippen molar-refractivity contribution in [3.8, 4) is 0 Å². The molecule has 72 valence electrons. The minimum atomic E-state index is 0.595. The molecule has 1 aliphatic rings. The Kier molecular flexibility index (Phi) is 4.67. The fraction of sp³-hybridized carbons (Fsp3) is 1.00. The van der Waals surface area contributed by atoms with E-state index in [1.54, 1.807) is 0 Å². The number of ether oxygens (including phenoxy) is 1. The van der Waals surface area contributed by atoms with E-state index in [-0.39, 0.29) is 0 Å². The van der Waals surface area contributed by atoms with Gasteiger partial charge >= 0.3 is 0 Å². The summed E-state index contributed by atoms with van der Waals surface area (Å²) in [5.41, 5.74) is 0. The Morgan fingerprint density at radius 1 is 1.33 bits per heavy atom. The molecule has 0 aromatic carbocycles. The third-order valence-electron chi connectivity index (χ3n) is 2.58. The summed E-state index contributed by atoms with van der Waals surface area (Å²) in [5.74, 6) is 0.855. The lowest BCUT2D eigenvalue weighted by atomic mass is 10.0. The van der Waals surface area contributed by atoms with Crippen molar-refractivity contribution < 1.29 is 4.74 Å². The largest absolute Gasteiger partial charge is 0.378 e. The SMILES string of the molecule is CC(C)CCCC1CCCCO1. The predicted molar refractivity (Wildman–Crippen MR) is 52.3 cm³/mol. The minimum Gasteiger partial charge on any atom is -0.378 e. The smallest absolute Gasteiger partial charge is 0.0575 e. The zero-order valence-corrected chi connectivity index (χ0v) is 8.51. The van der Waals surface area contributed by atoms with E-state index in [0.717, 1.165) is 12.5 Å². The molecular formula is C11H22O. The Labute approximate surface area is 76.5 Å². The molecule has 1 nitrogen and oxygen atoms in total. The number of rotatable bonds is 4. The highest BCUT2D eigenvalue weighted by atomic mass is 16.5. The summed E-state index contributed by atoms with van der Waals surface area (Å²) in [6, 6.07) is 0. The second-order valence-electron chi connectivity index (χ2n) is 4.31. The maximum absolute atomic E-state index is 5.66. The highest BCUT2D eigenvalue weighted by Crippen LogP contribution is 2.18. The van der Waals surface area contributed by atoms with Gasteiger partial charge in [-0.3, -0.25) is 0 Å². The van der Waals surface area contributed by atoms with Crippen LogP contribution in [0, 0.1) is 5.92 Å². The normalized spacial score (nSPS) is 24.8. The molecule has 0 spiro atoms. The minimum absolute atomic E-state index is 0.595. The standard InChI is InChI=1S/C11H22O/c1-10(2)6-5-8-11-7-3-4-9-12-11/h10-11H,3-9H2,1-2H3. The number of hydrogen-bond acceptors (Lipinski definition) is 1. The first-order valence-corrected chi connectivity index (χ1v) is 5.40. The van der Waals surface area contributed by atoms with E-state index in [4.69, 9.17) is 4.74 Å². The van der Waals surface area contributed by atoms with Gasteiger partial charge < -0.3 is 4.74 Å². The molecule has 12 heavy (non-hydrogen) atoms. The molecule has 1 rings (SSSR count). The van der Waals surface area contributed by atoms with Crippen LogP contribution in [0.1, 0.15) is 52.4 Å². The van der Waals surface area contributed by atoms with Crippen LogP contribution in [0.5, 0.6) is 0 Å². The Morgan fingerprint density at radius 3 is 2.75 bits per heavy atom. The highest BCUT2D eigenvalue weighted by molar-refractivity contribution is 4.63. The summed E-state index contributed by atoms with van der Waals surface area (Å²) >= 11 is 0. The van der Waals surface area contributed by atoms with Gasteiger partial charge in [0, 0.05) is 6.61 Å². The van der Waals surface area contributed by atoms with Crippen molar-refractivity contribution in [3.63, 3.8) is 0 Å². The maximum atomic E-state index is 5.66. The summed E-state index contributed by atoms with van der Waals surface area (Å²) in [6.45, 7) is 5.59. The van der Waals surface area contributed by atoms with Gasteiger partial charge in [0.1, 0.15) is 0 Å². The lowest BCUT2D eigenvalue weighted by molar-refractivity contribution is 0.00941. The average Bonchev–Trinajstić information content (AvgIpc) is 2.05. The summed E-state index contributed by atoms with van der Waals surface area (Å²) in [5, 5.41) is 0. The molecule has 0 radical (unpaired) electrons. The molecule has 0 N–H and O–H groups in total. The van der Waals surface area contributed by atoms with E-state index in [1.807, 2.05) is 0 Å². The molecule has 0 amide bonds. The summed E-state index contributed by atoms with van der Waals surface area (Å²) in [4.78, 5) is 0. The van der Waals surface area contributed by atoms with Crippen LogP contribution in [-0.2, 0) is 4.74 Å². The van der Waals surface area contributed by atoms with Gasteiger partial charge in [-0.1, -0.05) is 26.7 Å². The van der Waals surface area contributed by atoms with E-state index in [2.05, 4.69) is 13.8 Å². The topological polar surface area (TPSA) is 9.23 Å². The number of hydrogen-bond donors (Lipinski definition) is 0. The lowest BCUT2D eigenvalue weighted by Crippen LogP contribution is -2.18. The molecule has 1 saturated heterocycles. The van der Waals surface area contributed by atoms with Gasteiger partial charge in [-0.25, -0.2) is 0 Å². The van der Waals surface area contributed by atoms with Crippen molar-refractivity contribution in [3.05, 3.63) is 0 Å². The van der Waals surface area contributed by atoms with Gasteiger partial charge in [0.15, 0.2) is 0 Å². The van der Waals surface area contributed by atoms with Crippen LogP contribution in [0.3, 0.4) is 0 Å². The molecular weight excluding hydrogens is 148 g/mol. The van der Waals surface area contributed by atoms with Gasteiger partial charge in [-0.2, -0.15) is 0 Å². The molecule has 1 fully saturated rings. The first-order chi connectivity index (χ1) is 5.79. The molecule has 0 aromatic heterocycles. The van der Waals surface area contributed by atoms with Crippen molar-refractivity contribution >= 4 is 0 Å². The molecule has 1 heterocycles. The van der Waals surface area contributed by atoms with Gasteiger partial charge in [0.05, 0.1) is 6.10 Å². The third-order valence-corrected chi connectivity index (χ3v) is 2.58. The predicted octanol–water partition coefficient (Wildman–Crippen LogP) is 3.38. The van der Waals surface area contributed by atoms with Gasteiger partial charge in [-0.15, -0.1) is 0 Å². The molecule has 0 aromatic rings. The Hall–Kier alpha value is -0.0400. The van der Waals surface area contributed by atoms with Crippen molar-refractivity contribution in [2.45, 2.75) is 58.5 Å². The van der Waals surface area contributed by atoms with Crippen LogP contribution in [-0.4, -0.2) is 12.7 Å². The van der Waals surface area contributed by atoms with Crippen LogP contribution in [0.2, 0.25) is 0 Å². The molecule has 1 aliphatic heterocycles. The molecule has 0 bridgehead atoms. The van der Waals surface area contributed by atoms with E-state index in [9.17, 15) is 0 Å². The van der Waals surface area contributed by atoms with Crippen LogP contribution in [0.15, 0.2) is 0 Å². The molecule has 1 unspecified atom stereocenters. The Morgan fingerprint density at radius 2 is 2.17 bits per heavy atom. The van der Waals surface area contributed by atoms with E-state index >= 15 is 0 Å². The fourth-order valence-electron chi connectivity index (χ4n) is 1.79. The van der Waals surface area contributed by atoms with Crippen molar-refractivity contribution in [2.24, 2.45) is 5.92 Å². The van der Waals surface area contributed by atoms with Gasteiger partial charge in [0.25, 0.3) is 0 Å². The van der Waals surface area contributed by atoms with Gasteiger partial charge in [-0.05, 0) is 31.6 Å². The van der Waals surface area contributed by atoms with Crippen LogP contribution in [0.25, 0.3) is 0 Å². The molecule has 1 atom stereocenters. The van der Waals surface area contributed by atoms with E-state index < -0.39 is 0 Å². The van der Waals surface area contributed by atoms with Crippen LogP contribution < -0.4 is 0 Å². The zero-order chi connectivity index (χ0) is 8.81. The van der Waals surface area contributed by atoms with Crippen molar-refractivity contribution in [2.75, 3.05) is 6.61 Å². The fourth-order valence-corrected chi connectivity index (χ4v) is 1.79. The summed E-state index contributed by atoms with van der Waals surface area (Å²) < 4.78 is 5.66. The first kappa shape index (κ1) is 10.0. The van der Waals surface area contributed by atoms with Crippen LogP contribution >= 0.6 is 0 Å². The quantitative estimate of drug-likeness (QED) is 0.628. The Balaban J connectivity index is 1.98. The van der Waals surface area contributed by atoms with E-state index in [0.29, 0.717) is 6.10 Å². The van der Waals surface area contributed by atoms with Crippen LogP contribution in [0.4, 0.5) is 0 Å². The third kappa shape index (κ3) is 4.10. The molecule has 0 saturated carbocycles. The van der Waals surface area contributed by atoms with E-state index in [1.165, 1.54) is 38.5 Å². The summed E-state index contributed by atoms with van der Waals surface area (Å²) in [7, 11) is 0. The first-order valence-electron chi connectivity index (χ1n) is 5.40. The van der Waals surface area contributed by atoms with Crippen molar-refractivity contribution in [1.29, 1.82) is 0 Å². The van der Waals surface area contributed by atoms with Crippen molar-refractivity contribution in [1.82, 2.24) is 0 Å². The molecule has 1 heteroatoms. The molecule has 0 aliphatic carbocycles. The van der Waals surface area contributed by atoms with Gasteiger partial charge in [0.2, 0.25) is 0 Å². The second-order valence-corrected chi connectivity index (χ2v) is 4.31. The Bertz CT molecular complexity index is 104. The highest BCUT2D eigenvalue weighted by Gasteiger charge is 2.12. The second kappa shape index (κ2) is 5.58. The monoisotopic (exact) mass is 170 g/mol. The lowest BCUT2D eigenvalue weighted by Gasteiger charge is -2.22. The average molecular weight is 170 g/mol.